The van der Waals surface area contributed by atoms with Gasteiger partial charge in [0.25, 0.3) is 0 Å². The van der Waals surface area contributed by atoms with Gasteiger partial charge in [-0.2, -0.15) is 12.7 Å². The monoisotopic (exact) mass is 301 g/mol. The molecule has 9 heteroatoms. The second-order valence-corrected chi connectivity index (χ2v) is 5.90. The minimum Gasteiger partial charge on any atom is -0.478 e. The molecule has 1 aliphatic rings. The number of rotatable bonds is 4. The lowest BCUT2D eigenvalue weighted by Gasteiger charge is -2.26. The summed E-state index contributed by atoms with van der Waals surface area (Å²) in [7, 11) is -3.72. The van der Waals surface area contributed by atoms with Crippen molar-refractivity contribution in [2.45, 2.75) is 0 Å². The smallest absolute Gasteiger partial charge is 0.335 e. The van der Waals surface area contributed by atoms with E-state index in [0.29, 0.717) is 13.2 Å². The van der Waals surface area contributed by atoms with Crippen molar-refractivity contribution >= 4 is 27.6 Å². The molecule has 0 aromatic heterocycles. The third-order valence-corrected chi connectivity index (χ3v) is 4.37. The summed E-state index contributed by atoms with van der Waals surface area (Å²) in [5, 5.41) is 8.82. The van der Waals surface area contributed by atoms with E-state index in [1.807, 2.05) is 0 Å². The molecule has 0 atom stereocenters. The zero-order valence-electron chi connectivity index (χ0n) is 10.6. The highest BCUT2D eigenvalue weighted by atomic mass is 32.2. The Balaban J connectivity index is 2.18. The van der Waals surface area contributed by atoms with Crippen molar-refractivity contribution < 1.29 is 23.1 Å². The van der Waals surface area contributed by atoms with Gasteiger partial charge in [0.1, 0.15) is 0 Å². The van der Waals surface area contributed by atoms with Crippen LogP contribution in [0.2, 0.25) is 0 Å². The Morgan fingerprint density at radius 2 is 2.00 bits per heavy atom. The van der Waals surface area contributed by atoms with Crippen LogP contribution in [0.4, 0.5) is 11.4 Å². The Bertz CT molecular complexity index is 610. The number of carboxylic acid groups (broad SMARTS) is 1. The minimum atomic E-state index is -3.72. The predicted octanol–water partition coefficient (Wildman–Crippen LogP) is -0.0441. The van der Waals surface area contributed by atoms with E-state index in [0.717, 1.165) is 0 Å². The maximum absolute atomic E-state index is 12.1. The van der Waals surface area contributed by atoms with Crippen molar-refractivity contribution in [2.24, 2.45) is 0 Å². The average molecular weight is 301 g/mol. The van der Waals surface area contributed by atoms with Crippen molar-refractivity contribution in [3.63, 3.8) is 0 Å². The Kier molecular flexibility index (Phi) is 4.12. The number of hydrogen-bond acceptors (Lipinski definition) is 5. The highest BCUT2D eigenvalue weighted by molar-refractivity contribution is 7.90. The van der Waals surface area contributed by atoms with E-state index in [4.69, 9.17) is 15.6 Å². The molecule has 8 nitrogen and oxygen atoms in total. The number of morpholine rings is 1. The topological polar surface area (TPSA) is 122 Å². The van der Waals surface area contributed by atoms with Crippen LogP contribution in [0.1, 0.15) is 10.4 Å². The molecule has 1 heterocycles. The summed E-state index contributed by atoms with van der Waals surface area (Å²) >= 11 is 0. The standard InChI is InChI=1S/C11H15N3O5S/c12-9-7-8(11(15)16)1-2-10(9)13-20(17,18)14-3-5-19-6-4-14/h1-2,7,13H,3-6,12H2,(H,15,16). The van der Waals surface area contributed by atoms with Crippen molar-refractivity contribution in [2.75, 3.05) is 36.8 Å². The molecule has 110 valence electrons. The molecular formula is C11H15N3O5S. The number of hydrogen-bond donors (Lipinski definition) is 3. The molecule has 0 aliphatic carbocycles. The average Bonchev–Trinajstić information content (AvgIpc) is 2.41. The van der Waals surface area contributed by atoms with Gasteiger partial charge in [0.2, 0.25) is 0 Å². The first-order chi connectivity index (χ1) is 9.40. The van der Waals surface area contributed by atoms with Gasteiger partial charge in [0.05, 0.1) is 30.2 Å². The first kappa shape index (κ1) is 14.6. The minimum absolute atomic E-state index is 0.00294. The second-order valence-electron chi connectivity index (χ2n) is 4.23. The fourth-order valence-corrected chi connectivity index (χ4v) is 3.00. The summed E-state index contributed by atoms with van der Waals surface area (Å²) in [5.41, 5.74) is 5.87. The lowest BCUT2D eigenvalue weighted by molar-refractivity contribution is 0.0697. The number of carboxylic acids is 1. The molecule has 1 aromatic carbocycles. The summed E-state index contributed by atoms with van der Waals surface area (Å²) in [6, 6.07) is 3.83. The van der Waals surface area contributed by atoms with Gasteiger partial charge in [-0.05, 0) is 18.2 Å². The van der Waals surface area contributed by atoms with Gasteiger partial charge >= 0.3 is 16.2 Å². The van der Waals surface area contributed by atoms with Crippen LogP contribution < -0.4 is 10.5 Å². The van der Waals surface area contributed by atoms with E-state index < -0.39 is 16.2 Å². The van der Waals surface area contributed by atoms with Crippen LogP contribution in [0.25, 0.3) is 0 Å². The molecule has 0 amide bonds. The first-order valence-corrected chi connectivity index (χ1v) is 7.32. The predicted molar refractivity (Wildman–Crippen MR) is 72.7 cm³/mol. The third-order valence-electron chi connectivity index (χ3n) is 2.85. The number of aromatic carboxylic acids is 1. The van der Waals surface area contributed by atoms with Crippen molar-refractivity contribution in [3.8, 4) is 0 Å². The Morgan fingerprint density at radius 1 is 1.35 bits per heavy atom. The van der Waals surface area contributed by atoms with Gasteiger partial charge in [-0.1, -0.05) is 0 Å². The van der Waals surface area contributed by atoms with Gasteiger partial charge in [-0.15, -0.1) is 0 Å². The van der Waals surface area contributed by atoms with Crippen LogP contribution in [0.3, 0.4) is 0 Å². The lowest BCUT2D eigenvalue weighted by Crippen LogP contribution is -2.43. The molecule has 1 fully saturated rings. The number of carbonyl (C=O) groups is 1. The fourth-order valence-electron chi connectivity index (χ4n) is 1.78. The quantitative estimate of drug-likeness (QED) is 0.671. The number of anilines is 2. The number of benzene rings is 1. The van der Waals surface area contributed by atoms with E-state index in [1.54, 1.807) is 0 Å². The van der Waals surface area contributed by atoms with Crippen LogP contribution in [-0.4, -0.2) is 50.1 Å². The highest BCUT2D eigenvalue weighted by Gasteiger charge is 2.24. The SMILES string of the molecule is Nc1cc(C(=O)O)ccc1NS(=O)(=O)N1CCOCC1. The summed E-state index contributed by atoms with van der Waals surface area (Å²) in [4.78, 5) is 10.8. The van der Waals surface area contributed by atoms with Gasteiger partial charge in [-0.3, -0.25) is 4.72 Å². The van der Waals surface area contributed by atoms with E-state index in [1.165, 1.54) is 22.5 Å². The van der Waals surface area contributed by atoms with E-state index in [9.17, 15) is 13.2 Å². The molecule has 1 saturated heterocycles. The maximum atomic E-state index is 12.1. The molecule has 0 unspecified atom stereocenters. The molecule has 20 heavy (non-hydrogen) atoms. The lowest BCUT2D eigenvalue weighted by atomic mass is 10.2. The molecular weight excluding hydrogens is 286 g/mol. The Morgan fingerprint density at radius 3 is 2.55 bits per heavy atom. The molecule has 0 radical (unpaired) electrons. The molecule has 0 saturated carbocycles. The zero-order valence-corrected chi connectivity index (χ0v) is 11.4. The number of nitrogens with two attached hydrogens (primary N) is 1. The molecule has 1 aromatic rings. The summed E-state index contributed by atoms with van der Waals surface area (Å²) in [6.07, 6.45) is 0. The summed E-state index contributed by atoms with van der Waals surface area (Å²) in [6.45, 7) is 1.22. The first-order valence-electron chi connectivity index (χ1n) is 5.88. The summed E-state index contributed by atoms with van der Waals surface area (Å²) in [5.74, 6) is -1.13. The maximum Gasteiger partial charge on any atom is 0.335 e. The number of nitrogens with one attached hydrogen (secondary N) is 1. The molecule has 2 rings (SSSR count). The van der Waals surface area contributed by atoms with Crippen molar-refractivity contribution in [3.05, 3.63) is 23.8 Å². The largest absolute Gasteiger partial charge is 0.478 e. The Labute approximate surface area is 116 Å². The molecule has 1 aliphatic heterocycles. The van der Waals surface area contributed by atoms with Crippen molar-refractivity contribution in [1.29, 1.82) is 0 Å². The second kappa shape index (κ2) is 5.65. The van der Waals surface area contributed by atoms with Gasteiger partial charge in [0.15, 0.2) is 0 Å². The van der Waals surface area contributed by atoms with Gasteiger partial charge in [0, 0.05) is 13.1 Å². The Hall–Kier alpha value is -1.84. The van der Waals surface area contributed by atoms with E-state index >= 15 is 0 Å². The molecule has 0 spiro atoms. The number of ether oxygens (including phenoxy) is 1. The molecule has 0 bridgehead atoms. The summed E-state index contributed by atoms with van der Waals surface area (Å²) < 4.78 is 32.9. The number of nitrogens with zero attached hydrogens (tertiary/aromatic N) is 1. The third kappa shape index (κ3) is 3.18. The van der Waals surface area contributed by atoms with Crippen LogP contribution in [0.5, 0.6) is 0 Å². The fraction of sp³-hybridized carbons (Fsp3) is 0.364. The van der Waals surface area contributed by atoms with Crippen molar-refractivity contribution in [1.82, 2.24) is 4.31 Å². The molecule has 4 N–H and O–H groups in total. The zero-order chi connectivity index (χ0) is 14.8. The van der Waals surface area contributed by atoms with E-state index in [2.05, 4.69) is 4.72 Å². The number of nitrogen functional groups attached to an aromatic ring is 1. The van der Waals surface area contributed by atoms with Crippen LogP contribution in [0, 0.1) is 0 Å². The normalized spacial score (nSPS) is 16.8. The van der Waals surface area contributed by atoms with Crippen LogP contribution >= 0.6 is 0 Å². The highest BCUT2D eigenvalue weighted by Crippen LogP contribution is 2.22. The van der Waals surface area contributed by atoms with E-state index in [-0.39, 0.29) is 30.0 Å². The van der Waals surface area contributed by atoms with Crippen LogP contribution in [0.15, 0.2) is 18.2 Å². The van der Waals surface area contributed by atoms with Gasteiger partial charge in [-0.25, -0.2) is 4.79 Å². The van der Waals surface area contributed by atoms with Crippen LogP contribution in [-0.2, 0) is 14.9 Å². The van der Waals surface area contributed by atoms with Gasteiger partial charge < -0.3 is 15.6 Å².